The van der Waals surface area contributed by atoms with E-state index in [0.29, 0.717) is 0 Å². The number of ether oxygens (including phenoxy) is 1. The summed E-state index contributed by atoms with van der Waals surface area (Å²) in [4.78, 5) is 10.7. The Hall–Kier alpha value is -1.15. The maximum Gasteiger partial charge on any atom is 0.348 e. The first-order chi connectivity index (χ1) is 6.49. The first-order valence-electron chi connectivity index (χ1n) is 3.78. The number of aliphatic hydroxyl groups is 5. The molecule has 0 spiro atoms. The summed E-state index contributed by atoms with van der Waals surface area (Å²) in [7, 11) is 0. The molecule has 3 atom stereocenters. The van der Waals surface area contributed by atoms with E-state index in [2.05, 4.69) is 4.74 Å². The highest BCUT2D eigenvalue weighted by atomic mass is 16.6. The van der Waals surface area contributed by atoms with Crippen molar-refractivity contribution in [2.24, 2.45) is 0 Å². The molecule has 0 aromatic rings. The van der Waals surface area contributed by atoms with Gasteiger partial charge in [-0.1, -0.05) is 0 Å². The summed E-state index contributed by atoms with van der Waals surface area (Å²) in [6.07, 6.45) is -5.18. The van der Waals surface area contributed by atoms with Gasteiger partial charge in [0.25, 0.3) is 0 Å². The van der Waals surface area contributed by atoms with Crippen LogP contribution in [-0.4, -0.2) is 56.4 Å². The van der Waals surface area contributed by atoms with Gasteiger partial charge >= 0.3 is 5.97 Å². The lowest BCUT2D eigenvalue weighted by Crippen LogP contribution is -2.31. The molecule has 0 saturated heterocycles. The van der Waals surface area contributed by atoms with Crippen LogP contribution in [-0.2, 0) is 9.53 Å². The quantitative estimate of drug-likeness (QED) is 0.320. The highest BCUT2D eigenvalue weighted by Gasteiger charge is 2.39. The zero-order valence-corrected chi connectivity index (χ0v) is 6.99. The van der Waals surface area contributed by atoms with Gasteiger partial charge in [0.2, 0.25) is 6.10 Å². The van der Waals surface area contributed by atoms with E-state index in [4.69, 9.17) is 20.4 Å². The van der Waals surface area contributed by atoms with Crippen LogP contribution in [0.25, 0.3) is 0 Å². The molecule has 0 bridgehead atoms. The minimum atomic E-state index is -1.84. The van der Waals surface area contributed by atoms with Gasteiger partial charge in [-0.05, 0) is 0 Å². The molecular formula is C7H10O7. The number of carbonyl (C=O) groups excluding carboxylic acids is 1. The van der Waals surface area contributed by atoms with E-state index in [1.807, 2.05) is 0 Å². The first kappa shape index (κ1) is 10.9. The van der Waals surface area contributed by atoms with Gasteiger partial charge in [0.05, 0.1) is 6.61 Å². The fraction of sp³-hybridized carbons (Fsp3) is 0.571. The van der Waals surface area contributed by atoms with E-state index in [9.17, 15) is 9.90 Å². The molecule has 0 amide bonds. The van der Waals surface area contributed by atoms with Gasteiger partial charge in [-0.25, -0.2) is 4.79 Å². The summed E-state index contributed by atoms with van der Waals surface area (Å²) in [5.74, 6) is -2.62. The fourth-order valence-corrected chi connectivity index (χ4v) is 0.949. The predicted octanol–water partition coefficient (Wildman–Crippen LogP) is -2.61. The highest BCUT2D eigenvalue weighted by molar-refractivity contribution is 5.81. The van der Waals surface area contributed by atoms with E-state index in [1.165, 1.54) is 0 Å². The Morgan fingerprint density at radius 1 is 1.43 bits per heavy atom. The Morgan fingerprint density at radius 2 is 2.00 bits per heavy atom. The summed E-state index contributed by atoms with van der Waals surface area (Å²) in [6, 6.07) is 0. The van der Waals surface area contributed by atoms with Crippen LogP contribution in [0.5, 0.6) is 0 Å². The van der Waals surface area contributed by atoms with Crippen LogP contribution in [0.15, 0.2) is 11.5 Å². The lowest BCUT2D eigenvalue weighted by Gasteiger charge is -2.15. The van der Waals surface area contributed by atoms with Crippen LogP contribution in [0.1, 0.15) is 0 Å². The van der Waals surface area contributed by atoms with Crippen LogP contribution in [0, 0.1) is 0 Å². The Labute approximate surface area is 78.5 Å². The SMILES string of the molecule is O=C1OC(C(O)C(O)CO)=C(O)C1O. The standard InChI is InChI=1S/C7H10O7/c8-1-2(9)3(10)6-4(11)5(12)7(13)14-6/h2-3,5,8-12H,1H2. The molecular weight excluding hydrogens is 196 g/mol. The van der Waals surface area contributed by atoms with E-state index >= 15 is 0 Å². The third kappa shape index (κ3) is 1.70. The molecule has 0 radical (unpaired) electrons. The van der Waals surface area contributed by atoms with Crippen LogP contribution >= 0.6 is 0 Å². The van der Waals surface area contributed by atoms with Crippen LogP contribution < -0.4 is 0 Å². The second-order valence-electron chi connectivity index (χ2n) is 2.77. The zero-order valence-electron chi connectivity index (χ0n) is 6.99. The minimum Gasteiger partial charge on any atom is -0.506 e. The number of hydrogen-bond donors (Lipinski definition) is 5. The molecule has 0 aliphatic carbocycles. The maximum atomic E-state index is 10.7. The van der Waals surface area contributed by atoms with Gasteiger partial charge in [0.15, 0.2) is 11.5 Å². The summed E-state index contributed by atoms with van der Waals surface area (Å²) < 4.78 is 4.29. The lowest BCUT2D eigenvalue weighted by atomic mass is 10.1. The number of aliphatic hydroxyl groups excluding tert-OH is 5. The fourth-order valence-electron chi connectivity index (χ4n) is 0.949. The summed E-state index contributed by atoms with van der Waals surface area (Å²) in [5.41, 5.74) is 0. The Bertz CT molecular complexity index is 271. The zero-order chi connectivity index (χ0) is 10.9. The summed E-state index contributed by atoms with van der Waals surface area (Å²) in [5, 5.41) is 44.6. The molecule has 5 N–H and O–H groups in total. The van der Waals surface area contributed by atoms with Crippen molar-refractivity contribution in [1.29, 1.82) is 0 Å². The smallest absolute Gasteiger partial charge is 0.348 e. The number of esters is 1. The van der Waals surface area contributed by atoms with Crippen LogP contribution in [0.4, 0.5) is 0 Å². The number of rotatable bonds is 3. The van der Waals surface area contributed by atoms with Gasteiger partial charge in [-0.2, -0.15) is 0 Å². The molecule has 7 nitrogen and oxygen atoms in total. The summed E-state index contributed by atoms with van der Waals surface area (Å²) >= 11 is 0. The molecule has 14 heavy (non-hydrogen) atoms. The summed E-state index contributed by atoms with van der Waals surface area (Å²) in [6.45, 7) is -0.772. The average molecular weight is 206 g/mol. The highest BCUT2D eigenvalue weighted by Crippen LogP contribution is 2.23. The van der Waals surface area contributed by atoms with Crippen molar-refractivity contribution in [1.82, 2.24) is 0 Å². The normalized spacial score (nSPS) is 26.3. The lowest BCUT2D eigenvalue weighted by molar-refractivity contribution is -0.146. The van der Waals surface area contributed by atoms with E-state index < -0.39 is 42.4 Å². The molecule has 0 aromatic carbocycles. The molecule has 1 aliphatic rings. The largest absolute Gasteiger partial charge is 0.506 e. The van der Waals surface area contributed by atoms with Crippen molar-refractivity contribution >= 4 is 5.97 Å². The second-order valence-corrected chi connectivity index (χ2v) is 2.77. The molecule has 0 saturated carbocycles. The van der Waals surface area contributed by atoms with Crippen molar-refractivity contribution < 1.29 is 35.1 Å². The van der Waals surface area contributed by atoms with Gasteiger partial charge in [0, 0.05) is 0 Å². The van der Waals surface area contributed by atoms with Crippen molar-refractivity contribution in [3.63, 3.8) is 0 Å². The van der Waals surface area contributed by atoms with E-state index in [-0.39, 0.29) is 0 Å². The van der Waals surface area contributed by atoms with Crippen LogP contribution in [0.2, 0.25) is 0 Å². The van der Waals surface area contributed by atoms with Crippen molar-refractivity contribution in [3.8, 4) is 0 Å². The molecule has 7 heteroatoms. The molecule has 0 fully saturated rings. The molecule has 0 aromatic heterocycles. The van der Waals surface area contributed by atoms with Gasteiger partial charge < -0.3 is 30.3 Å². The Balaban J connectivity index is 2.83. The van der Waals surface area contributed by atoms with Gasteiger partial charge in [-0.3, -0.25) is 0 Å². The minimum absolute atomic E-state index is 0.635. The third-order valence-electron chi connectivity index (χ3n) is 1.77. The number of carbonyl (C=O) groups is 1. The van der Waals surface area contributed by atoms with Crippen molar-refractivity contribution in [3.05, 3.63) is 11.5 Å². The van der Waals surface area contributed by atoms with Crippen LogP contribution in [0.3, 0.4) is 0 Å². The predicted molar refractivity (Wildman–Crippen MR) is 40.9 cm³/mol. The monoisotopic (exact) mass is 206 g/mol. The Kier molecular flexibility index (Phi) is 3.06. The molecule has 1 aliphatic heterocycles. The number of cyclic esters (lactones) is 1. The van der Waals surface area contributed by atoms with E-state index in [1.54, 1.807) is 0 Å². The first-order valence-corrected chi connectivity index (χ1v) is 3.78. The maximum absolute atomic E-state index is 10.7. The second kappa shape index (κ2) is 3.93. The van der Waals surface area contributed by atoms with Crippen molar-refractivity contribution in [2.45, 2.75) is 18.3 Å². The topological polar surface area (TPSA) is 127 Å². The molecule has 3 unspecified atom stereocenters. The number of hydrogen-bond acceptors (Lipinski definition) is 7. The third-order valence-corrected chi connectivity index (χ3v) is 1.77. The van der Waals surface area contributed by atoms with Crippen molar-refractivity contribution in [2.75, 3.05) is 6.61 Å². The molecule has 1 rings (SSSR count). The average Bonchev–Trinajstić information content (AvgIpc) is 2.43. The van der Waals surface area contributed by atoms with Gasteiger partial charge in [0.1, 0.15) is 12.2 Å². The van der Waals surface area contributed by atoms with E-state index in [0.717, 1.165) is 0 Å². The Morgan fingerprint density at radius 3 is 2.36 bits per heavy atom. The molecule has 1 heterocycles. The molecule has 80 valence electrons. The van der Waals surface area contributed by atoms with Gasteiger partial charge in [-0.15, -0.1) is 0 Å².